The van der Waals surface area contributed by atoms with Gasteiger partial charge in [-0.25, -0.2) is 0 Å². The van der Waals surface area contributed by atoms with Gasteiger partial charge in [0.1, 0.15) is 6.10 Å². The van der Waals surface area contributed by atoms with Crippen LogP contribution in [0.4, 0.5) is 17.6 Å². The highest BCUT2D eigenvalue weighted by atomic mass is 19.4. The molecule has 2 heterocycles. The zero-order valence-electron chi connectivity index (χ0n) is 10.5. The first kappa shape index (κ1) is 15.0. The van der Waals surface area contributed by atoms with Crippen molar-refractivity contribution in [3.63, 3.8) is 0 Å². The molecule has 112 valence electrons. The molecule has 1 aromatic rings. The lowest BCUT2D eigenvalue weighted by Crippen LogP contribution is -2.40. The van der Waals surface area contributed by atoms with Gasteiger partial charge in [-0.2, -0.15) is 22.5 Å². The summed E-state index contributed by atoms with van der Waals surface area (Å²) in [4.78, 5) is 4.99. The van der Waals surface area contributed by atoms with E-state index in [2.05, 4.69) is 4.98 Å². The fourth-order valence-corrected chi connectivity index (χ4v) is 2.03. The van der Waals surface area contributed by atoms with Gasteiger partial charge < -0.3 is 9.84 Å². The Kier molecular flexibility index (Phi) is 4.44. The van der Waals surface area contributed by atoms with Crippen molar-refractivity contribution < 1.29 is 27.4 Å². The summed E-state index contributed by atoms with van der Waals surface area (Å²) in [6.45, 7) is 0.137. The molecule has 1 aliphatic rings. The molecule has 4 nitrogen and oxygen atoms in total. The minimum Gasteiger partial charge on any atom is -0.473 e. The molecule has 0 aromatic carbocycles. The van der Waals surface area contributed by atoms with Crippen molar-refractivity contribution in [2.45, 2.75) is 24.8 Å². The largest absolute Gasteiger partial charge is 0.473 e. The SMILES string of the molecule is OC(CN1CCC(Oc2cccc(F)n2)C1)C(F)(F)F. The van der Waals surface area contributed by atoms with Crippen LogP contribution < -0.4 is 4.74 Å². The molecule has 0 radical (unpaired) electrons. The van der Waals surface area contributed by atoms with Crippen LogP contribution in [-0.2, 0) is 0 Å². The summed E-state index contributed by atoms with van der Waals surface area (Å²) < 4.78 is 55.0. The van der Waals surface area contributed by atoms with Gasteiger partial charge in [-0.3, -0.25) is 4.90 Å². The quantitative estimate of drug-likeness (QED) is 0.677. The van der Waals surface area contributed by atoms with Crippen LogP contribution in [-0.4, -0.2) is 53.0 Å². The van der Waals surface area contributed by atoms with Gasteiger partial charge in [-0.05, 0) is 12.5 Å². The third-order valence-corrected chi connectivity index (χ3v) is 3.02. The molecule has 0 bridgehead atoms. The lowest BCUT2D eigenvalue weighted by Gasteiger charge is -2.21. The maximum Gasteiger partial charge on any atom is 0.415 e. The van der Waals surface area contributed by atoms with Crippen molar-refractivity contribution in [1.29, 1.82) is 0 Å². The Morgan fingerprint density at radius 1 is 1.45 bits per heavy atom. The first-order valence-corrected chi connectivity index (χ1v) is 6.11. The minimum atomic E-state index is -4.62. The number of halogens is 4. The van der Waals surface area contributed by atoms with Gasteiger partial charge in [0.25, 0.3) is 0 Å². The lowest BCUT2D eigenvalue weighted by atomic mass is 10.3. The zero-order chi connectivity index (χ0) is 14.8. The normalized spacial score (nSPS) is 21.9. The van der Waals surface area contributed by atoms with E-state index in [9.17, 15) is 17.6 Å². The van der Waals surface area contributed by atoms with Gasteiger partial charge in [0.05, 0.1) is 0 Å². The van der Waals surface area contributed by atoms with Crippen molar-refractivity contribution in [3.8, 4) is 5.88 Å². The molecule has 8 heteroatoms. The number of likely N-dealkylation sites (tertiary alicyclic amines) is 1. The summed E-state index contributed by atoms with van der Waals surface area (Å²) in [5.41, 5.74) is 0. The number of hydrogen-bond donors (Lipinski definition) is 1. The van der Waals surface area contributed by atoms with E-state index >= 15 is 0 Å². The summed E-state index contributed by atoms with van der Waals surface area (Å²) in [5, 5.41) is 8.99. The molecule has 1 aliphatic heterocycles. The second kappa shape index (κ2) is 5.92. The van der Waals surface area contributed by atoms with E-state index in [1.165, 1.54) is 23.1 Å². The highest BCUT2D eigenvalue weighted by molar-refractivity contribution is 5.11. The number of alkyl halides is 3. The van der Waals surface area contributed by atoms with Crippen molar-refractivity contribution in [3.05, 3.63) is 24.1 Å². The first-order chi connectivity index (χ1) is 9.34. The number of aliphatic hydroxyl groups is 1. The molecule has 2 atom stereocenters. The van der Waals surface area contributed by atoms with Crippen molar-refractivity contribution in [2.75, 3.05) is 19.6 Å². The summed E-state index contributed by atoms with van der Waals surface area (Å²) in [6, 6.07) is 4.10. The van der Waals surface area contributed by atoms with Gasteiger partial charge in [0.15, 0.2) is 6.10 Å². The van der Waals surface area contributed by atoms with E-state index in [0.29, 0.717) is 13.0 Å². The Labute approximate surface area is 113 Å². The van der Waals surface area contributed by atoms with Crippen LogP contribution in [0.3, 0.4) is 0 Å². The number of aromatic nitrogens is 1. The van der Waals surface area contributed by atoms with Gasteiger partial charge in [0.2, 0.25) is 11.8 Å². The van der Waals surface area contributed by atoms with Crippen LogP contribution in [0.15, 0.2) is 18.2 Å². The molecule has 0 saturated carbocycles. The zero-order valence-corrected chi connectivity index (χ0v) is 10.5. The monoisotopic (exact) mass is 294 g/mol. The van der Waals surface area contributed by atoms with Crippen molar-refractivity contribution in [1.82, 2.24) is 9.88 Å². The van der Waals surface area contributed by atoms with Crippen LogP contribution >= 0.6 is 0 Å². The lowest BCUT2D eigenvalue weighted by molar-refractivity contribution is -0.207. The average molecular weight is 294 g/mol. The number of pyridine rings is 1. The second-order valence-corrected chi connectivity index (χ2v) is 4.64. The van der Waals surface area contributed by atoms with Crippen molar-refractivity contribution in [2.24, 2.45) is 0 Å². The molecule has 0 aliphatic carbocycles. The molecule has 1 aromatic heterocycles. The van der Waals surface area contributed by atoms with Crippen LogP contribution in [0.5, 0.6) is 5.88 Å². The number of β-amino-alcohol motifs (C(OH)–C–C–N with tert-alkyl or cyclic N) is 1. The maximum absolute atomic E-state index is 12.9. The first-order valence-electron chi connectivity index (χ1n) is 6.11. The Morgan fingerprint density at radius 3 is 2.85 bits per heavy atom. The molecule has 0 spiro atoms. The topological polar surface area (TPSA) is 45.6 Å². The molecule has 0 amide bonds. The molecule has 20 heavy (non-hydrogen) atoms. The van der Waals surface area contributed by atoms with Gasteiger partial charge in [-0.1, -0.05) is 6.07 Å². The molecule has 1 saturated heterocycles. The molecular formula is C12H14F4N2O2. The Hall–Kier alpha value is -1.41. The predicted octanol–water partition coefficient (Wildman–Crippen LogP) is 1.60. The number of aliphatic hydroxyl groups excluding tert-OH is 1. The Balaban J connectivity index is 1.84. The van der Waals surface area contributed by atoms with Gasteiger partial charge in [-0.15, -0.1) is 0 Å². The van der Waals surface area contributed by atoms with Crippen LogP contribution in [0, 0.1) is 5.95 Å². The van der Waals surface area contributed by atoms with E-state index in [4.69, 9.17) is 9.84 Å². The third-order valence-electron chi connectivity index (χ3n) is 3.02. The molecule has 2 unspecified atom stereocenters. The van der Waals surface area contributed by atoms with E-state index < -0.39 is 24.8 Å². The molecule has 2 rings (SSSR count). The highest BCUT2D eigenvalue weighted by Gasteiger charge is 2.40. The van der Waals surface area contributed by atoms with Crippen molar-refractivity contribution >= 4 is 0 Å². The molecule has 1 N–H and O–H groups in total. The average Bonchev–Trinajstić information content (AvgIpc) is 2.75. The van der Waals surface area contributed by atoms with Crippen LogP contribution in [0.1, 0.15) is 6.42 Å². The van der Waals surface area contributed by atoms with Crippen LogP contribution in [0.2, 0.25) is 0 Å². The Morgan fingerprint density at radius 2 is 2.20 bits per heavy atom. The molecular weight excluding hydrogens is 280 g/mol. The highest BCUT2D eigenvalue weighted by Crippen LogP contribution is 2.23. The standard InChI is InChI=1S/C12H14F4N2O2/c13-10-2-1-3-11(17-10)20-8-4-5-18(6-8)7-9(19)12(14,15)16/h1-3,8-9,19H,4-7H2. The number of hydrogen-bond acceptors (Lipinski definition) is 4. The second-order valence-electron chi connectivity index (χ2n) is 4.64. The van der Waals surface area contributed by atoms with Gasteiger partial charge >= 0.3 is 6.18 Å². The summed E-state index contributed by atoms with van der Waals surface area (Å²) >= 11 is 0. The third kappa shape index (κ3) is 4.04. The van der Waals surface area contributed by atoms with E-state index in [-0.39, 0.29) is 18.5 Å². The fourth-order valence-electron chi connectivity index (χ4n) is 2.03. The van der Waals surface area contributed by atoms with Gasteiger partial charge in [0, 0.05) is 25.7 Å². The van der Waals surface area contributed by atoms with E-state index in [1.807, 2.05) is 0 Å². The summed E-state index contributed by atoms with van der Waals surface area (Å²) in [5.74, 6) is -0.571. The molecule has 1 fully saturated rings. The number of nitrogens with zero attached hydrogens (tertiary/aromatic N) is 2. The smallest absolute Gasteiger partial charge is 0.415 e. The minimum absolute atomic E-state index is 0.105. The van der Waals surface area contributed by atoms with E-state index in [1.54, 1.807) is 0 Å². The van der Waals surface area contributed by atoms with Crippen LogP contribution in [0.25, 0.3) is 0 Å². The maximum atomic E-state index is 12.9. The number of ether oxygens (including phenoxy) is 1. The summed E-state index contributed by atoms with van der Waals surface area (Å²) in [6.07, 6.45) is -6.84. The summed E-state index contributed by atoms with van der Waals surface area (Å²) in [7, 11) is 0. The Bertz CT molecular complexity index is 455. The number of rotatable bonds is 4. The van der Waals surface area contributed by atoms with E-state index in [0.717, 1.165) is 0 Å². The fraction of sp³-hybridized carbons (Fsp3) is 0.583. The predicted molar refractivity (Wildman–Crippen MR) is 61.7 cm³/mol.